The second-order valence-electron chi connectivity index (χ2n) is 3.86. The molecule has 1 aromatic carbocycles. The quantitative estimate of drug-likeness (QED) is 0.850. The van der Waals surface area contributed by atoms with Crippen LogP contribution in [0, 0.1) is 13.8 Å². The highest BCUT2D eigenvalue weighted by Gasteiger charge is 2.09. The topological polar surface area (TPSA) is 80.9 Å². The summed E-state index contributed by atoms with van der Waals surface area (Å²) in [6.07, 6.45) is -0.217. The number of rotatable bonds is 3. The van der Waals surface area contributed by atoms with Crippen LogP contribution >= 0.6 is 0 Å². The summed E-state index contributed by atoms with van der Waals surface area (Å²) >= 11 is 0. The predicted octanol–water partition coefficient (Wildman–Crippen LogP) is 0.906. The third kappa shape index (κ3) is 2.47. The third-order valence-electron chi connectivity index (χ3n) is 2.33. The zero-order chi connectivity index (χ0) is 12.4. The van der Waals surface area contributed by atoms with Gasteiger partial charge in [-0.2, -0.15) is 0 Å². The molecule has 0 amide bonds. The van der Waals surface area contributed by atoms with Gasteiger partial charge < -0.3 is 5.11 Å². The van der Waals surface area contributed by atoms with Crippen molar-refractivity contribution in [1.29, 1.82) is 0 Å². The molecule has 0 radical (unpaired) electrons. The second kappa shape index (κ2) is 4.32. The largest absolute Gasteiger partial charge is 0.481 e. The van der Waals surface area contributed by atoms with E-state index in [1.54, 1.807) is 0 Å². The maximum absolute atomic E-state index is 10.5. The van der Waals surface area contributed by atoms with Crippen LogP contribution in [-0.2, 0) is 11.2 Å². The standard InChI is InChI=1S/C11H12N4O2/c1-7-3-4-9(8(2)5-7)15-13-10(12-14-15)6-11(16)17/h3-5H,6H2,1-2H3,(H,16,17). The van der Waals surface area contributed by atoms with Gasteiger partial charge in [0.05, 0.1) is 5.69 Å². The van der Waals surface area contributed by atoms with Crippen LogP contribution < -0.4 is 0 Å². The maximum Gasteiger partial charge on any atom is 0.311 e. The van der Waals surface area contributed by atoms with Gasteiger partial charge >= 0.3 is 5.97 Å². The van der Waals surface area contributed by atoms with Gasteiger partial charge in [-0.25, -0.2) is 0 Å². The molecular formula is C11H12N4O2. The van der Waals surface area contributed by atoms with Crippen LogP contribution in [0.4, 0.5) is 0 Å². The molecule has 0 bridgehead atoms. The van der Waals surface area contributed by atoms with E-state index in [1.165, 1.54) is 4.80 Å². The highest BCUT2D eigenvalue weighted by atomic mass is 16.4. The molecule has 0 saturated carbocycles. The van der Waals surface area contributed by atoms with Crippen LogP contribution in [0.5, 0.6) is 0 Å². The lowest BCUT2D eigenvalue weighted by Crippen LogP contribution is -2.04. The second-order valence-corrected chi connectivity index (χ2v) is 3.86. The number of carbonyl (C=O) groups is 1. The van der Waals surface area contributed by atoms with Gasteiger partial charge in [-0.15, -0.1) is 15.0 Å². The Morgan fingerprint density at radius 3 is 2.82 bits per heavy atom. The SMILES string of the molecule is Cc1ccc(-n2nnc(CC(=O)O)n2)c(C)c1. The first kappa shape index (κ1) is 11.3. The summed E-state index contributed by atoms with van der Waals surface area (Å²) in [4.78, 5) is 11.9. The smallest absolute Gasteiger partial charge is 0.311 e. The van der Waals surface area contributed by atoms with Gasteiger partial charge in [-0.3, -0.25) is 4.79 Å². The van der Waals surface area contributed by atoms with Crippen LogP contribution in [0.25, 0.3) is 5.69 Å². The molecular weight excluding hydrogens is 220 g/mol. The summed E-state index contributed by atoms with van der Waals surface area (Å²) in [5.74, 6) is -0.761. The molecule has 88 valence electrons. The Hall–Kier alpha value is -2.24. The van der Waals surface area contributed by atoms with Crippen LogP contribution in [0.15, 0.2) is 18.2 Å². The van der Waals surface area contributed by atoms with Gasteiger partial charge in [0.25, 0.3) is 0 Å². The molecule has 0 unspecified atom stereocenters. The molecule has 17 heavy (non-hydrogen) atoms. The molecule has 1 heterocycles. The first-order valence-corrected chi connectivity index (χ1v) is 5.14. The molecule has 2 rings (SSSR count). The number of carboxylic acid groups (broad SMARTS) is 1. The number of aliphatic carboxylic acids is 1. The zero-order valence-electron chi connectivity index (χ0n) is 9.58. The Morgan fingerprint density at radius 1 is 1.41 bits per heavy atom. The summed E-state index contributed by atoms with van der Waals surface area (Å²) in [7, 11) is 0. The maximum atomic E-state index is 10.5. The molecule has 1 N–H and O–H groups in total. The fourth-order valence-corrected chi connectivity index (χ4v) is 1.58. The van der Waals surface area contributed by atoms with Crippen molar-refractivity contribution in [2.45, 2.75) is 20.3 Å². The van der Waals surface area contributed by atoms with Gasteiger partial charge in [0.1, 0.15) is 6.42 Å². The average Bonchev–Trinajstić information content (AvgIpc) is 2.65. The Bertz CT molecular complexity index is 562. The summed E-state index contributed by atoms with van der Waals surface area (Å²) in [6.45, 7) is 3.95. The molecule has 0 saturated heterocycles. The van der Waals surface area contributed by atoms with Crippen LogP contribution in [0.3, 0.4) is 0 Å². The summed E-state index contributed by atoms with van der Waals surface area (Å²) in [5.41, 5.74) is 2.97. The van der Waals surface area contributed by atoms with E-state index < -0.39 is 5.97 Å². The van der Waals surface area contributed by atoms with Crippen LogP contribution in [-0.4, -0.2) is 31.3 Å². The van der Waals surface area contributed by atoms with Gasteiger partial charge in [0.15, 0.2) is 5.82 Å². The van der Waals surface area contributed by atoms with E-state index in [1.807, 2.05) is 32.0 Å². The van der Waals surface area contributed by atoms with Crippen LogP contribution in [0.2, 0.25) is 0 Å². The number of aryl methyl sites for hydroxylation is 2. The highest BCUT2D eigenvalue weighted by molar-refractivity contribution is 5.68. The van der Waals surface area contributed by atoms with E-state index in [2.05, 4.69) is 15.4 Å². The first-order chi connectivity index (χ1) is 8.06. The van der Waals surface area contributed by atoms with E-state index >= 15 is 0 Å². The number of tetrazole rings is 1. The molecule has 2 aromatic rings. The molecule has 0 aliphatic heterocycles. The Kier molecular flexibility index (Phi) is 2.86. The molecule has 0 atom stereocenters. The lowest BCUT2D eigenvalue weighted by molar-refractivity contribution is -0.136. The highest BCUT2D eigenvalue weighted by Crippen LogP contribution is 2.13. The number of carboxylic acids is 1. The van der Waals surface area contributed by atoms with Crippen molar-refractivity contribution in [1.82, 2.24) is 20.2 Å². The van der Waals surface area contributed by atoms with E-state index in [4.69, 9.17) is 5.11 Å². The van der Waals surface area contributed by atoms with E-state index in [0.29, 0.717) is 0 Å². The Balaban J connectivity index is 2.33. The van der Waals surface area contributed by atoms with Crippen LogP contribution in [0.1, 0.15) is 17.0 Å². The lowest BCUT2D eigenvalue weighted by Gasteiger charge is -2.03. The average molecular weight is 232 g/mol. The number of benzene rings is 1. The number of hydrogen-bond acceptors (Lipinski definition) is 4. The van der Waals surface area contributed by atoms with Crippen molar-refractivity contribution in [3.05, 3.63) is 35.2 Å². The van der Waals surface area contributed by atoms with Crippen molar-refractivity contribution < 1.29 is 9.90 Å². The molecule has 6 nitrogen and oxygen atoms in total. The van der Waals surface area contributed by atoms with Gasteiger partial charge in [0, 0.05) is 0 Å². The fourth-order valence-electron chi connectivity index (χ4n) is 1.58. The summed E-state index contributed by atoms with van der Waals surface area (Å²) in [5, 5.41) is 20.2. The van der Waals surface area contributed by atoms with Crippen molar-refractivity contribution in [3.8, 4) is 5.69 Å². The van der Waals surface area contributed by atoms with Crippen molar-refractivity contribution in [2.75, 3.05) is 0 Å². The van der Waals surface area contributed by atoms with E-state index in [-0.39, 0.29) is 12.2 Å². The van der Waals surface area contributed by atoms with E-state index in [9.17, 15) is 4.79 Å². The number of hydrogen-bond donors (Lipinski definition) is 1. The minimum absolute atomic E-state index is 0.206. The summed E-state index contributed by atoms with van der Waals surface area (Å²) < 4.78 is 0. The molecule has 0 aliphatic rings. The number of nitrogens with zero attached hydrogens (tertiary/aromatic N) is 4. The van der Waals surface area contributed by atoms with E-state index in [0.717, 1.165) is 16.8 Å². The molecule has 1 aromatic heterocycles. The third-order valence-corrected chi connectivity index (χ3v) is 2.33. The van der Waals surface area contributed by atoms with Crippen molar-refractivity contribution >= 4 is 5.97 Å². The normalized spacial score (nSPS) is 10.5. The fraction of sp³-hybridized carbons (Fsp3) is 0.273. The minimum atomic E-state index is -0.967. The molecule has 0 spiro atoms. The van der Waals surface area contributed by atoms with Crippen molar-refractivity contribution in [2.24, 2.45) is 0 Å². The lowest BCUT2D eigenvalue weighted by atomic mass is 10.1. The van der Waals surface area contributed by atoms with Gasteiger partial charge in [-0.05, 0) is 30.7 Å². The zero-order valence-corrected chi connectivity index (χ0v) is 9.58. The Morgan fingerprint density at radius 2 is 2.18 bits per heavy atom. The Labute approximate surface area is 97.9 Å². The number of aromatic nitrogens is 4. The summed E-state index contributed by atoms with van der Waals surface area (Å²) in [6, 6.07) is 5.84. The molecule has 0 fully saturated rings. The monoisotopic (exact) mass is 232 g/mol. The minimum Gasteiger partial charge on any atom is -0.481 e. The van der Waals surface area contributed by atoms with Gasteiger partial charge in [0.2, 0.25) is 0 Å². The predicted molar refractivity (Wildman–Crippen MR) is 60.0 cm³/mol. The molecule has 0 aliphatic carbocycles. The van der Waals surface area contributed by atoms with Crippen molar-refractivity contribution in [3.63, 3.8) is 0 Å². The first-order valence-electron chi connectivity index (χ1n) is 5.14. The molecule has 6 heteroatoms. The van der Waals surface area contributed by atoms with Gasteiger partial charge in [-0.1, -0.05) is 17.7 Å².